The standard InChI is InChI=1S/C45H29N3O/c1-2-13-28(14-3-1)43-46-44(48-45(47-43)39-26-30-16-5-6-17-32(30)34-19-8-9-20-35(34)39)31-25-29-15-4-7-18-33(29)38(27-31)36-22-12-24-41-42(36)37-21-10-11-23-40(37)49-41/h1-27,43H,(H,46,47,48). The van der Waals surface area contributed by atoms with Crippen molar-refractivity contribution in [2.24, 2.45) is 9.98 Å². The van der Waals surface area contributed by atoms with Gasteiger partial charge in [0, 0.05) is 21.9 Å². The van der Waals surface area contributed by atoms with Gasteiger partial charge in [-0.1, -0.05) is 133 Å². The van der Waals surface area contributed by atoms with Crippen molar-refractivity contribution in [2.45, 2.75) is 6.17 Å². The first kappa shape index (κ1) is 27.6. The third kappa shape index (κ3) is 4.53. The van der Waals surface area contributed by atoms with Crippen molar-refractivity contribution in [3.05, 3.63) is 180 Å². The van der Waals surface area contributed by atoms with Gasteiger partial charge in [0.05, 0.1) is 0 Å². The van der Waals surface area contributed by atoms with Crippen molar-refractivity contribution in [3.63, 3.8) is 0 Å². The molecule has 0 bridgehead atoms. The lowest BCUT2D eigenvalue weighted by atomic mass is 9.92. The molecule has 1 N–H and O–H groups in total. The first-order chi connectivity index (χ1) is 24.3. The van der Waals surface area contributed by atoms with E-state index in [1.54, 1.807) is 0 Å². The van der Waals surface area contributed by atoms with Gasteiger partial charge in [0.15, 0.2) is 5.84 Å². The lowest BCUT2D eigenvalue weighted by Gasteiger charge is -2.25. The number of aliphatic imine (C=N–C) groups is 2. The SMILES string of the molecule is c1ccc(C2N=C(c3cc(-c4cccc5oc6ccccc6c45)c4ccccc4c3)N=C(c3cc4ccccc4c4ccccc34)N2)cc1. The Morgan fingerprint density at radius 2 is 1.12 bits per heavy atom. The number of hydrogen-bond donors (Lipinski definition) is 1. The van der Waals surface area contributed by atoms with Gasteiger partial charge in [0.2, 0.25) is 0 Å². The Labute approximate surface area is 282 Å². The van der Waals surface area contributed by atoms with E-state index in [0.717, 1.165) is 66.4 Å². The molecule has 4 nitrogen and oxygen atoms in total. The largest absolute Gasteiger partial charge is 0.456 e. The summed E-state index contributed by atoms with van der Waals surface area (Å²) in [5.74, 6) is 1.49. The summed E-state index contributed by atoms with van der Waals surface area (Å²) in [5, 5.41) is 13.0. The average molecular weight is 628 g/mol. The fraction of sp³-hybridized carbons (Fsp3) is 0.0222. The minimum absolute atomic E-state index is 0.315. The maximum absolute atomic E-state index is 6.31. The molecule has 0 aliphatic carbocycles. The summed E-state index contributed by atoms with van der Waals surface area (Å²) >= 11 is 0. The van der Waals surface area contributed by atoms with Crippen LogP contribution in [0.5, 0.6) is 0 Å². The van der Waals surface area contributed by atoms with Crippen molar-refractivity contribution >= 4 is 65.9 Å². The zero-order chi connectivity index (χ0) is 32.3. The second-order valence-corrected chi connectivity index (χ2v) is 12.6. The third-order valence-electron chi connectivity index (χ3n) is 9.69. The number of amidine groups is 2. The Bertz CT molecular complexity index is 2810. The van der Waals surface area contributed by atoms with Crippen LogP contribution < -0.4 is 5.32 Å². The molecule has 1 aliphatic rings. The van der Waals surface area contributed by atoms with Gasteiger partial charge in [0.25, 0.3) is 0 Å². The molecule has 0 saturated carbocycles. The minimum Gasteiger partial charge on any atom is -0.456 e. The number of fused-ring (bicyclic) bond motifs is 7. The molecule has 10 rings (SSSR count). The maximum atomic E-state index is 6.31. The van der Waals surface area contributed by atoms with E-state index in [2.05, 4.69) is 151 Å². The molecule has 1 atom stereocenters. The number of furan rings is 1. The summed E-state index contributed by atoms with van der Waals surface area (Å²) in [4.78, 5) is 10.6. The number of para-hydroxylation sites is 1. The van der Waals surface area contributed by atoms with Crippen LogP contribution in [0.2, 0.25) is 0 Å². The summed E-state index contributed by atoms with van der Waals surface area (Å²) < 4.78 is 6.31. The highest BCUT2D eigenvalue weighted by Gasteiger charge is 2.24. The van der Waals surface area contributed by atoms with Gasteiger partial charge in [-0.05, 0) is 79.3 Å². The van der Waals surface area contributed by atoms with Gasteiger partial charge >= 0.3 is 0 Å². The van der Waals surface area contributed by atoms with Crippen molar-refractivity contribution in [1.82, 2.24) is 5.32 Å². The van der Waals surface area contributed by atoms with E-state index in [1.165, 1.54) is 21.5 Å². The lowest BCUT2D eigenvalue weighted by Crippen LogP contribution is -2.33. The topological polar surface area (TPSA) is 49.9 Å². The van der Waals surface area contributed by atoms with Crippen LogP contribution in [-0.2, 0) is 0 Å². The zero-order valence-corrected chi connectivity index (χ0v) is 26.5. The molecule has 1 aliphatic heterocycles. The van der Waals surface area contributed by atoms with E-state index in [4.69, 9.17) is 14.4 Å². The van der Waals surface area contributed by atoms with Gasteiger partial charge in [-0.25, -0.2) is 9.98 Å². The van der Waals surface area contributed by atoms with Crippen molar-refractivity contribution in [2.75, 3.05) is 0 Å². The van der Waals surface area contributed by atoms with Crippen LogP contribution in [0.25, 0.3) is 65.4 Å². The average Bonchev–Trinajstić information content (AvgIpc) is 3.56. The number of nitrogens with zero attached hydrogens (tertiary/aromatic N) is 2. The van der Waals surface area contributed by atoms with Crippen LogP contribution in [0, 0.1) is 0 Å². The quantitative estimate of drug-likeness (QED) is 0.197. The number of rotatable bonds is 4. The van der Waals surface area contributed by atoms with Gasteiger partial charge in [0.1, 0.15) is 23.2 Å². The molecule has 230 valence electrons. The zero-order valence-electron chi connectivity index (χ0n) is 26.5. The van der Waals surface area contributed by atoms with Crippen LogP contribution in [0.3, 0.4) is 0 Å². The smallest absolute Gasteiger partial charge is 0.159 e. The highest BCUT2D eigenvalue weighted by atomic mass is 16.3. The Kier molecular flexibility index (Phi) is 6.21. The summed E-state index contributed by atoms with van der Waals surface area (Å²) in [6.07, 6.45) is -0.315. The van der Waals surface area contributed by atoms with E-state index in [9.17, 15) is 0 Å². The highest BCUT2D eigenvalue weighted by Crippen LogP contribution is 2.40. The Morgan fingerprint density at radius 1 is 0.469 bits per heavy atom. The van der Waals surface area contributed by atoms with Crippen LogP contribution >= 0.6 is 0 Å². The molecule has 0 spiro atoms. The van der Waals surface area contributed by atoms with E-state index >= 15 is 0 Å². The molecule has 4 heteroatoms. The minimum atomic E-state index is -0.315. The summed E-state index contributed by atoms with van der Waals surface area (Å²) in [7, 11) is 0. The molecule has 1 aromatic heterocycles. The molecule has 1 unspecified atom stereocenters. The monoisotopic (exact) mass is 627 g/mol. The highest BCUT2D eigenvalue weighted by molar-refractivity contribution is 6.23. The number of nitrogens with one attached hydrogen (secondary N) is 1. The Balaban J connectivity index is 1.23. The van der Waals surface area contributed by atoms with Crippen LogP contribution in [0.4, 0.5) is 0 Å². The molecule has 0 fully saturated rings. The molecule has 9 aromatic rings. The molecule has 0 amide bonds. The Morgan fingerprint density at radius 3 is 1.96 bits per heavy atom. The molecule has 49 heavy (non-hydrogen) atoms. The first-order valence-electron chi connectivity index (χ1n) is 16.6. The van der Waals surface area contributed by atoms with Crippen molar-refractivity contribution in [3.8, 4) is 11.1 Å². The second-order valence-electron chi connectivity index (χ2n) is 12.6. The lowest BCUT2D eigenvalue weighted by molar-refractivity contribution is 0.669. The molecule has 0 radical (unpaired) electrons. The molecule has 2 heterocycles. The molecular weight excluding hydrogens is 599 g/mol. The Hall–Kier alpha value is -6.52. The fourth-order valence-corrected chi connectivity index (χ4v) is 7.43. The second kappa shape index (κ2) is 11.0. The van der Waals surface area contributed by atoms with Crippen LogP contribution in [0.1, 0.15) is 22.9 Å². The summed E-state index contributed by atoms with van der Waals surface area (Å²) in [6, 6.07) is 57.5. The van der Waals surface area contributed by atoms with E-state index in [1.807, 2.05) is 18.2 Å². The molecule has 0 saturated heterocycles. The predicted molar refractivity (Wildman–Crippen MR) is 204 cm³/mol. The van der Waals surface area contributed by atoms with Crippen molar-refractivity contribution < 1.29 is 4.42 Å². The van der Waals surface area contributed by atoms with Crippen LogP contribution in [-0.4, -0.2) is 11.7 Å². The number of benzene rings is 8. The van der Waals surface area contributed by atoms with Gasteiger partial charge in [-0.3, -0.25) is 0 Å². The first-order valence-corrected chi connectivity index (χ1v) is 16.6. The maximum Gasteiger partial charge on any atom is 0.159 e. The van der Waals surface area contributed by atoms with Gasteiger partial charge in [-0.2, -0.15) is 0 Å². The van der Waals surface area contributed by atoms with E-state index in [0.29, 0.717) is 5.84 Å². The molecule has 8 aromatic carbocycles. The third-order valence-corrected chi connectivity index (χ3v) is 9.69. The van der Waals surface area contributed by atoms with Gasteiger partial charge in [-0.15, -0.1) is 0 Å². The van der Waals surface area contributed by atoms with Crippen molar-refractivity contribution in [1.29, 1.82) is 0 Å². The van der Waals surface area contributed by atoms with Gasteiger partial charge < -0.3 is 9.73 Å². The summed E-state index contributed by atoms with van der Waals surface area (Å²) in [6.45, 7) is 0. The number of hydrogen-bond acceptors (Lipinski definition) is 4. The predicted octanol–water partition coefficient (Wildman–Crippen LogP) is 11.2. The van der Waals surface area contributed by atoms with E-state index < -0.39 is 0 Å². The normalized spacial score (nSPS) is 14.7. The fourth-order valence-electron chi connectivity index (χ4n) is 7.43. The summed E-state index contributed by atoms with van der Waals surface area (Å²) in [5.41, 5.74) is 7.10. The van der Waals surface area contributed by atoms with Crippen LogP contribution in [0.15, 0.2) is 178 Å². The molecular formula is C45H29N3O. The van der Waals surface area contributed by atoms with E-state index in [-0.39, 0.29) is 6.17 Å².